The molecule has 2 aliphatic rings. The van der Waals surface area contributed by atoms with Gasteiger partial charge >= 0.3 is 0 Å². The number of nitrogens with one attached hydrogen (secondary N) is 1. The highest BCUT2D eigenvalue weighted by atomic mass is 32.2. The normalized spacial score (nSPS) is 23.4. The highest BCUT2D eigenvalue weighted by molar-refractivity contribution is 7.89. The first-order valence-electron chi connectivity index (χ1n) is 12.2. The van der Waals surface area contributed by atoms with E-state index in [1.807, 2.05) is 0 Å². The molecule has 0 bridgehead atoms. The van der Waals surface area contributed by atoms with Gasteiger partial charge in [-0.05, 0) is 56.0 Å². The van der Waals surface area contributed by atoms with Crippen LogP contribution in [0.2, 0.25) is 0 Å². The van der Waals surface area contributed by atoms with Crippen LogP contribution in [-0.4, -0.2) is 94.4 Å². The SMILES string of the molecule is CCN1CCN(CCCNC(=O)c2ccc(OC)c(S(=O)(=O)N3CC(C)CC(C)C3)c2)CC1. The smallest absolute Gasteiger partial charge is 0.251 e. The third kappa shape index (κ3) is 6.68. The topological polar surface area (TPSA) is 82.2 Å². The van der Waals surface area contributed by atoms with Crippen LogP contribution >= 0.6 is 0 Å². The molecule has 2 atom stereocenters. The van der Waals surface area contributed by atoms with Gasteiger partial charge in [0.2, 0.25) is 10.0 Å². The summed E-state index contributed by atoms with van der Waals surface area (Å²) in [7, 11) is -2.30. The van der Waals surface area contributed by atoms with Crippen molar-refractivity contribution < 1.29 is 17.9 Å². The van der Waals surface area contributed by atoms with Crippen molar-refractivity contribution in [1.82, 2.24) is 19.4 Å². The van der Waals surface area contributed by atoms with Gasteiger partial charge in [-0.3, -0.25) is 4.79 Å². The third-order valence-corrected chi connectivity index (χ3v) is 8.58. The molecule has 1 aromatic carbocycles. The van der Waals surface area contributed by atoms with E-state index >= 15 is 0 Å². The van der Waals surface area contributed by atoms with Crippen LogP contribution in [0.25, 0.3) is 0 Å². The lowest BCUT2D eigenvalue weighted by Crippen LogP contribution is -2.46. The van der Waals surface area contributed by atoms with E-state index in [0.29, 0.717) is 37.0 Å². The third-order valence-electron chi connectivity index (χ3n) is 6.73. The quantitative estimate of drug-likeness (QED) is 0.545. The maximum Gasteiger partial charge on any atom is 0.251 e. The number of sulfonamides is 1. The Bertz CT molecular complexity index is 890. The second kappa shape index (κ2) is 11.6. The molecule has 2 aliphatic heterocycles. The average Bonchev–Trinajstić information content (AvgIpc) is 2.81. The molecule has 9 heteroatoms. The van der Waals surface area contributed by atoms with Crippen LogP contribution in [0.15, 0.2) is 23.1 Å². The number of benzene rings is 1. The number of likely N-dealkylation sites (N-methyl/N-ethyl adjacent to an activating group) is 1. The van der Waals surface area contributed by atoms with E-state index in [1.54, 1.807) is 12.1 Å². The fraction of sp³-hybridized carbons (Fsp3) is 0.708. The summed E-state index contributed by atoms with van der Waals surface area (Å²) in [5, 5.41) is 2.94. The van der Waals surface area contributed by atoms with Crippen molar-refractivity contribution in [2.75, 3.05) is 66.0 Å². The minimum atomic E-state index is -3.76. The summed E-state index contributed by atoms with van der Waals surface area (Å²) in [5.74, 6) is 0.603. The zero-order valence-electron chi connectivity index (χ0n) is 20.5. The van der Waals surface area contributed by atoms with Gasteiger partial charge in [-0.15, -0.1) is 0 Å². The minimum absolute atomic E-state index is 0.0627. The maximum atomic E-state index is 13.4. The van der Waals surface area contributed by atoms with Gasteiger partial charge in [-0.1, -0.05) is 20.8 Å². The predicted molar refractivity (Wildman–Crippen MR) is 130 cm³/mol. The van der Waals surface area contributed by atoms with Gasteiger partial charge in [0.1, 0.15) is 10.6 Å². The Labute approximate surface area is 199 Å². The molecule has 8 nitrogen and oxygen atoms in total. The minimum Gasteiger partial charge on any atom is -0.495 e. The number of piperazine rings is 1. The summed E-state index contributed by atoms with van der Waals surface area (Å²) in [6.07, 6.45) is 1.88. The fourth-order valence-corrected chi connectivity index (χ4v) is 6.76. The van der Waals surface area contributed by atoms with Gasteiger partial charge in [0.25, 0.3) is 5.91 Å². The molecule has 0 aromatic heterocycles. The molecule has 186 valence electrons. The highest BCUT2D eigenvalue weighted by Gasteiger charge is 2.34. The van der Waals surface area contributed by atoms with Crippen molar-refractivity contribution in [3.63, 3.8) is 0 Å². The summed E-state index contributed by atoms with van der Waals surface area (Å²) < 4.78 is 33.7. The lowest BCUT2D eigenvalue weighted by atomic mass is 9.94. The maximum absolute atomic E-state index is 13.4. The largest absolute Gasteiger partial charge is 0.495 e. The van der Waals surface area contributed by atoms with Crippen LogP contribution in [0.3, 0.4) is 0 Å². The lowest BCUT2D eigenvalue weighted by molar-refractivity contribution is 0.0948. The monoisotopic (exact) mass is 480 g/mol. The average molecular weight is 481 g/mol. The van der Waals surface area contributed by atoms with Gasteiger partial charge in [-0.2, -0.15) is 4.31 Å². The Balaban J connectivity index is 1.61. The van der Waals surface area contributed by atoms with Crippen LogP contribution in [0.4, 0.5) is 0 Å². The number of carbonyl (C=O) groups is 1. The number of amides is 1. The number of hydrogen-bond donors (Lipinski definition) is 1. The van der Waals surface area contributed by atoms with Crippen LogP contribution in [-0.2, 0) is 10.0 Å². The van der Waals surface area contributed by atoms with Crippen LogP contribution in [0, 0.1) is 11.8 Å². The summed E-state index contributed by atoms with van der Waals surface area (Å²) in [5.41, 5.74) is 0.337. The number of rotatable bonds is 9. The van der Waals surface area contributed by atoms with Crippen molar-refractivity contribution in [3.8, 4) is 5.75 Å². The van der Waals surface area contributed by atoms with E-state index in [4.69, 9.17) is 4.74 Å². The van der Waals surface area contributed by atoms with E-state index in [0.717, 1.165) is 52.1 Å². The van der Waals surface area contributed by atoms with Gasteiger partial charge in [0.15, 0.2) is 0 Å². The highest BCUT2D eigenvalue weighted by Crippen LogP contribution is 2.32. The summed E-state index contributed by atoms with van der Waals surface area (Å²) in [6, 6.07) is 4.65. The molecule has 2 fully saturated rings. The molecule has 0 spiro atoms. The van der Waals surface area contributed by atoms with Gasteiger partial charge in [-0.25, -0.2) is 8.42 Å². The zero-order chi connectivity index (χ0) is 24.0. The zero-order valence-corrected chi connectivity index (χ0v) is 21.4. The predicted octanol–water partition coefficient (Wildman–Crippen LogP) is 2.12. The standard InChI is InChI=1S/C24H40N4O4S/c1-5-26-11-13-27(14-12-26)10-6-9-25-24(29)21-7-8-22(32-4)23(16-21)33(30,31)28-17-19(2)15-20(3)18-28/h7-8,16,19-20H,5-6,9-15,17-18H2,1-4H3,(H,25,29). The summed E-state index contributed by atoms with van der Waals surface area (Å²) in [6.45, 7) is 14.2. The number of piperidine rings is 1. The number of hydrogen-bond acceptors (Lipinski definition) is 6. The van der Waals surface area contributed by atoms with Crippen LogP contribution in [0.1, 0.15) is 44.0 Å². The van der Waals surface area contributed by atoms with Crippen molar-refractivity contribution in [2.45, 2.75) is 38.5 Å². The molecule has 0 radical (unpaired) electrons. The summed E-state index contributed by atoms with van der Waals surface area (Å²) >= 11 is 0. The molecule has 1 N–H and O–H groups in total. The molecular formula is C24H40N4O4S. The lowest BCUT2D eigenvalue weighted by Gasteiger charge is -2.34. The Hall–Kier alpha value is -1.68. The van der Waals surface area contributed by atoms with E-state index in [1.165, 1.54) is 17.5 Å². The molecule has 33 heavy (non-hydrogen) atoms. The van der Waals surface area contributed by atoms with Gasteiger partial charge in [0.05, 0.1) is 7.11 Å². The van der Waals surface area contributed by atoms with Crippen LogP contribution < -0.4 is 10.1 Å². The number of nitrogens with zero attached hydrogens (tertiary/aromatic N) is 3. The van der Waals surface area contributed by atoms with Gasteiger partial charge < -0.3 is 19.9 Å². The number of carbonyl (C=O) groups excluding carboxylic acids is 1. The molecule has 0 saturated carbocycles. The van der Waals surface area contributed by atoms with E-state index < -0.39 is 10.0 Å². The Morgan fingerprint density at radius 2 is 1.73 bits per heavy atom. The molecule has 2 saturated heterocycles. The Kier molecular flexibility index (Phi) is 9.15. The van der Waals surface area contributed by atoms with Crippen molar-refractivity contribution in [3.05, 3.63) is 23.8 Å². The van der Waals surface area contributed by atoms with E-state index in [2.05, 4.69) is 35.9 Å². The fourth-order valence-electron chi connectivity index (χ4n) is 4.90. The molecule has 2 heterocycles. The Morgan fingerprint density at radius 1 is 1.09 bits per heavy atom. The summed E-state index contributed by atoms with van der Waals surface area (Å²) in [4.78, 5) is 17.7. The number of methoxy groups -OCH3 is 1. The second-order valence-corrected chi connectivity index (χ2v) is 11.4. The molecule has 1 aromatic rings. The molecule has 3 rings (SSSR count). The van der Waals surface area contributed by atoms with Crippen molar-refractivity contribution in [2.24, 2.45) is 11.8 Å². The van der Waals surface area contributed by atoms with Crippen molar-refractivity contribution in [1.29, 1.82) is 0 Å². The first-order chi connectivity index (χ1) is 15.7. The van der Waals surface area contributed by atoms with Gasteiger partial charge in [0, 0.05) is 51.4 Å². The molecular weight excluding hydrogens is 440 g/mol. The molecule has 1 amide bonds. The van der Waals surface area contributed by atoms with Crippen LogP contribution in [0.5, 0.6) is 5.75 Å². The van der Waals surface area contributed by atoms with E-state index in [-0.39, 0.29) is 16.6 Å². The Morgan fingerprint density at radius 3 is 2.33 bits per heavy atom. The number of ether oxygens (including phenoxy) is 1. The molecule has 2 unspecified atom stereocenters. The first kappa shape index (κ1) is 25.9. The molecule has 0 aliphatic carbocycles. The van der Waals surface area contributed by atoms with Crippen molar-refractivity contribution >= 4 is 15.9 Å². The van der Waals surface area contributed by atoms with E-state index in [9.17, 15) is 13.2 Å². The first-order valence-corrected chi connectivity index (χ1v) is 13.6. The second-order valence-electron chi connectivity index (χ2n) is 9.52.